The summed E-state index contributed by atoms with van der Waals surface area (Å²) in [6.07, 6.45) is 5.45. The standard InChI is InChI=1S/C21H28N2O2/c1-6-21(7-2,13-16(3)4)25-20(24)19-14-22-15-23(19)17(5)18-11-9-8-10-12-18/h8-12,14-15,17H,3,6-7,13H2,1-2,4-5H3/t17-/m1/s1. The number of benzene rings is 1. The molecule has 0 spiro atoms. The summed E-state index contributed by atoms with van der Waals surface area (Å²) in [5.41, 5.74) is 2.11. The quantitative estimate of drug-likeness (QED) is 0.491. The molecule has 0 fully saturated rings. The van der Waals surface area contributed by atoms with Crippen LogP contribution in [0.3, 0.4) is 0 Å². The van der Waals surface area contributed by atoms with E-state index in [1.807, 2.05) is 55.7 Å². The summed E-state index contributed by atoms with van der Waals surface area (Å²) in [6.45, 7) is 12.1. The van der Waals surface area contributed by atoms with Crippen LogP contribution in [0.15, 0.2) is 55.0 Å². The van der Waals surface area contributed by atoms with Crippen molar-refractivity contribution in [3.05, 3.63) is 66.3 Å². The number of imidazole rings is 1. The van der Waals surface area contributed by atoms with E-state index < -0.39 is 5.60 Å². The van der Waals surface area contributed by atoms with E-state index in [0.717, 1.165) is 24.0 Å². The van der Waals surface area contributed by atoms with Crippen LogP contribution in [0, 0.1) is 0 Å². The summed E-state index contributed by atoms with van der Waals surface area (Å²) in [4.78, 5) is 17.0. The summed E-state index contributed by atoms with van der Waals surface area (Å²) < 4.78 is 7.83. The molecule has 1 atom stereocenters. The van der Waals surface area contributed by atoms with Crippen LogP contribution in [0.5, 0.6) is 0 Å². The first-order chi connectivity index (χ1) is 11.9. The van der Waals surface area contributed by atoms with E-state index in [9.17, 15) is 4.79 Å². The van der Waals surface area contributed by atoms with E-state index in [0.29, 0.717) is 12.1 Å². The Morgan fingerprint density at radius 2 is 1.92 bits per heavy atom. The SMILES string of the molecule is C=C(C)CC(CC)(CC)OC(=O)c1cncn1[C@H](C)c1ccccc1. The second-order valence-corrected chi connectivity index (χ2v) is 6.69. The van der Waals surface area contributed by atoms with Crippen molar-refractivity contribution in [3.8, 4) is 0 Å². The monoisotopic (exact) mass is 340 g/mol. The van der Waals surface area contributed by atoms with Crippen molar-refractivity contribution in [2.75, 3.05) is 0 Å². The third kappa shape index (κ3) is 4.38. The maximum absolute atomic E-state index is 12.9. The molecule has 0 aliphatic heterocycles. The molecule has 4 nitrogen and oxygen atoms in total. The fourth-order valence-corrected chi connectivity index (χ4v) is 3.14. The van der Waals surface area contributed by atoms with Gasteiger partial charge in [-0.25, -0.2) is 9.78 Å². The molecule has 0 amide bonds. The predicted molar refractivity (Wildman–Crippen MR) is 101 cm³/mol. The number of nitrogens with zero attached hydrogens (tertiary/aromatic N) is 2. The van der Waals surface area contributed by atoms with E-state index in [-0.39, 0.29) is 12.0 Å². The fraction of sp³-hybridized carbons (Fsp3) is 0.429. The Bertz CT molecular complexity index is 715. The van der Waals surface area contributed by atoms with Gasteiger partial charge in [-0.3, -0.25) is 0 Å². The average Bonchev–Trinajstić information content (AvgIpc) is 3.10. The lowest BCUT2D eigenvalue weighted by Gasteiger charge is -2.32. The zero-order valence-corrected chi connectivity index (χ0v) is 15.7. The van der Waals surface area contributed by atoms with Gasteiger partial charge < -0.3 is 9.30 Å². The minimum atomic E-state index is -0.506. The lowest BCUT2D eigenvalue weighted by molar-refractivity contribution is -0.0237. The number of hydrogen-bond acceptors (Lipinski definition) is 3. The number of esters is 1. The molecule has 0 aliphatic rings. The highest BCUT2D eigenvalue weighted by Gasteiger charge is 2.32. The van der Waals surface area contributed by atoms with Gasteiger partial charge in [0.15, 0.2) is 0 Å². The highest BCUT2D eigenvalue weighted by atomic mass is 16.6. The number of ether oxygens (including phenoxy) is 1. The molecule has 0 aliphatic carbocycles. The smallest absolute Gasteiger partial charge is 0.357 e. The molecule has 134 valence electrons. The van der Waals surface area contributed by atoms with E-state index in [2.05, 4.69) is 18.5 Å². The summed E-state index contributed by atoms with van der Waals surface area (Å²) in [5.74, 6) is -0.328. The molecular formula is C21H28N2O2. The van der Waals surface area contributed by atoms with Gasteiger partial charge in [-0.1, -0.05) is 56.3 Å². The van der Waals surface area contributed by atoms with Gasteiger partial charge in [-0.15, -0.1) is 0 Å². The largest absolute Gasteiger partial charge is 0.454 e. The summed E-state index contributed by atoms with van der Waals surface area (Å²) in [6, 6.07) is 10.1. The highest BCUT2D eigenvalue weighted by molar-refractivity contribution is 5.87. The minimum absolute atomic E-state index is 0.00467. The van der Waals surface area contributed by atoms with Crippen molar-refractivity contribution in [1.82, 2.24) is 9.55 Å². The van der Waals surface area contributed by atoms with E-state index in [4.69, 9.17) is 4.74 Å². The van der Waals surface area contributed by atoms with Gasteiger partial charge in [0.1, 0.15) is 11.3 Å². The van der Waals surface area contributed by atoms with Gasteiger partial charge in [0.25, 0.3) is 0 Å². The molecule has 0 saturated carbocycles. The van der Waals surface area contributed by atoms with E-state index in [1.165, 1.54) is 0 Å². The van der Waals surface area contributed by atoms with Crippen molar-refractivity contribution in [2.24, 2.45) is 0 Å². The van der Waals surface area contributed by atoms with Crippen molar-refractivity contribution in [2.45, 2.75) is 58.6 Å². The van der Waals surface area contributed by atoms with Crippen LogP contribution >= 0.6 is 0 Å². The maximum atomic E-state index is 12.9. The number of hydrogen-bond donors (Lipinski definition) is 0. The molecule has 1 aromatic carbocycles. The van der Waals surface area contributed by atoms with Crippen molar-refractivity contribution < 1.29 is 9.53 Å². The average molecular weight is 340 g/mol. The fourth-order valence-electron chi connectivity index (χ4n) is 3.14. The summed E-state index contributed by atoms with van der Waals surface area (Å²) in [7, 11) is 0. The van der Waals surface area contributed by atoms with Gasteiger partial charge in [-0.2, -0.15) is 0 Å². The van der Waals surface area contributed by atoms with Crippen LogP contribution in [0.2, 0.25) is 0 Å². The molecule has 4 heteroatoms. The molecule has 1 heterocycles. The number of carbonyl (C=O) groups excluding carboxylic acids is 1. The maximum Gasteiger partial charge on any atom is 0.357 e. The lowest BCUT2D eigenvalue weighted by atomic mass is 9.90. The molecule has 0 unspecified atom stereocenters. The van der Waals surface area contributed by atoms with Gasteiger partial charge in [-0.05, 0) is 32.3 Å². The number of rotatable bonds is 8. The molecular weight excluding hydrogens is 312 g/mol. The Hall–Kier alpha value is -2.36. The summed E-state index contributed by atoms with van der Waals surface area (Å²) >= 11 is 0. The Labute approximate surface area is 150 Å². The third-order valence-corrected chi connectivity index (χ3v) is 4.80. The topological polar surface area (TPSA) is 44.1 Å². The molecule has 25 heavy (non-hydrogen) atoms. The first-order valence-corrected chi connectivity index (χ1v) is 8.87. The Morgan fingerprint density at radius 3 is 2.48 bits per heavy atom. The van der Waals surface area contributed by atoms with E-state index >= 15 is 0 Å². The third-order valence-electron chi connectivity index (χ3n) is 4.80. The molecule has 0 saturated heterocycles. The Morgan fingerprint density at radius 1 is 1.28 bits per heavy atom. The zero-order valence-electron chi connectivity index (χ0n) is 15.7. The molecule has 1 aromatic heterocycles. The molecule has 2 rings (SSSR count). The minimum Gasteiger partial charge on any atom is -0.454 e. The second-order valence-electron chi connectivity index (χ2n) is 6.69. The Balaban J connectivity index is 2.26. The van der Waals surface area contributed by atoms with Crippen LogP contribution in [0.25, 0.3) is 0 Å². The predicted octanol–water partition coefficient (Wildman–Crippen LogP) is 5.17. The molecule has 2 aromatic rings. The lowest BCUT2D eigenvalue weighted by Crippen LogP contribution is -2.35. The van der Waals surface area contributed by atoms with Gasteiger partial charge in [0, 0.05) is 6.42 Å². The van der Waals surface area contributed by atoms with Crippen LogP contribution in [-0.4, -0.2) is 21.1 Å². The van der Waals surface area contributed by atoms with E-state index in [1.54, 1.807) is 12.5 Å². The highest BCUT2D eigenvalue weighted by Crippen LogP contribution is 2.30. The normalized spacial score (nSPS) is 12.6. The number of carbonyl (C=O) groups is 1. The van der Waals surface area contributed by atoms with Crippen molar-refractivity contribution >= 4 is 5.97 Å². The molecule has 0 bridgehead atoms. The van der Waals surface area contributed by atoms with Crippen LogP contribution < -0.4 is 0 Å². The Kier molecular flexibility index (Phi) is 6.18. The summed E-state index contributed by atoms with van der Waals surface area (Å²) in [5, 5.41) is 0. The van der Waals surface area contributed by atoms with Crippen molar-refractivity contribution in [1.29, 1.82) is 0 Å². The second kappa shape index (κ2) is 8.15. The van der Waals surface area contributed by atoms with Gasteiger partial charge in [0.2, 0.25) is 0 Å². The first kappa shape index (κ1) is 19.0. The van der Waals surface area contributed by atoms with Crippen LogP contribution in [-0.2, 0) is 4.74 Å². The van der Waals surface area contributed by atoms with Crippen LogP contribution in [0.4, 0.5) is 0 Å². The first-order valence-electron chi connectivity index (χ1n) is 8.87. The van der Waals surface area contributed by atoms with Gasteiger partial charge >= 0.3 is 5.97 Å². The van der Waals surface area contributed by atoms with Crippen LogP contribution in [0.1, 0.15) is 69.1 Å². The zero-order chi connectivity index (χ0) is 18.4. The molecule has 0 radical (unpaired) electrons. The molecule has 0 N–H and O–H groups in total. The van der Waals surface area contributed by atoms with Gasteiger partial charge in [0.05, 0.1) is 18.6 Å². The number of aromatic nitrogens is 2. The van der Waals surface area contributed by atoms with Crippen molar-refractivity contribution in [3.63, 3.8) is 0 Å².